The monoisotopic (exact) mass is 1260 g/mol. The number of carbonyl (C=O) groups excluding carboxylic acids is 2. The summed E-state index contributed by atoms with van der Waals surface area (Å²) in [6.07, 6.45) is -30.1. The molecule has 1 aliphatic carbocycles. The smallest absolute Gasteiger partial charge is 0.331 e. The van der Waals surface area contributed by atoms with Crippen LogP contribution in [0.5, 0.6) is 46.0 Å². The van der Waals surface area contributed by atoms with E-state index in [-0.39, 0.29) is 51.2 Å². The van der Waals surface area contributed by atoms with Crippen molar-refractivity contribution in [1.82, 2.24) is 0 Å². The number of methoxy groups -OCH3 is 2. The molecule has 482 valence electrons. The summed E-state index contributed by atoms with van der Waals surface area (Å²) in [6, 6.07) is 14.8. The number of esters is 2. The van der Waals surface area contributed by atoms with Gasteiger partial charge in [0.05, 0.1) is 39.6 Å². The molecule has 3 aromatic carbocycles. The molecule has 0 saturated carbocycles. The Hall–Kier alpha value is -7.77. The normalized spacial score (nSPS) is 31.5. The molecule has 0 unspecified atom stereocenters. The minimum Gasteiger partial charge on any atom is -0.504 e. The standard InChI is InChI=1S/C58H64O31/c1-77-34-13-24(14-35(78-2)43(34)68)6-12-41(66)88-53-42(67)31(64)21-80-57(53)89-54-49(74)46(71)39(22-79-40(65)11-5-23-3-8-27(9-4-23)81-55-50(75)47(72)44(69)37(19-59)85-55)87-58(54)84-36-18-28-32(82-52(36)25-7-10-29(62)30(63)15-25)16-26(61)17-33(28)83-56-51(76)48(73)45(70)38(20-60)86-56/h3-18,31,37-39,42,44-51,53-60,62-64,67-76H,19-22H2,1-2H3/b11-5+,12-6+/t31-,37-,38-,39-,42+,44-,45-,46-,47+,48+,49+,50-,51-,53-,54-,55-,56-,57+,58-/m1/s1. The van der Waals surface area contributed by atoms with Crippen molar-refractivity contribution < 1.29 is 147 Å². The first kappa shape index (κ1) is 65.7. The average molecular weight is 1260 g/mol. The van der Waals surface area contributed by atoms with E-state index in [1.165, 1.54) is 68.8 Å². The number of hydrogen-bond donors (Lipinski definition) is 15. The number of phenols is 3. The lowest BCUT2D eigenvalue weighted by atomic mass is 9.98. The fourth-order valence-electron chi connectivity index (χ4n) is 9.75. The highest BCUT2D eigenvalue weighted by atomic mass is 16.8. The highest BCUT2D eigenvalue weighted by Crippen LogP contribution is 2.45. The molecule has 0 aromatic heterocycles. The Kier molecular flexibility index (Phi) is 20.9. The number of aromatic hydroxyl groups is 3. The quantitative estimate of drug-likeness (QED) is 0.0211. The second-order valence-corrected chi connectivity index (χ2v) is 20.7. The first-order chi connectivity index (χ1) is 42.5. The molecule has 31 nitrogen and oxygen atoms in total. The van der Waals surface area contributed by atoms with Gasteiger partial charge in [-0.15, -0.1) is 0 Å². The molecule has 0 spiro atoms. The zero-order chi connectivity index (χ0) is 64.1. The number of rotatable bonds is 20. The molecule has 5 aliphatic heterocycles. The lowest BCUT2D eigenvalue weighted by Crippen LogP contribution is -2.64. The van der Waals surface area contributed by atoms with Crippen molar-refractivity contribution in [2.45, 2.75) is 117 Å². The Balaban J connectivity index is 1.02. The lowest BCUT2D eigenvalue weighted by molar-refractivity contribution is -0.345. The first-order valence-corrected chi connectivity index (χ1v) is 27.2. The number of aliphatic hydroxyl groups is 12. The number of fused-ring (bicyclic) bond motifs is 1. The Labute approximate surface area is 502 Å². The van der Waals surface area contributed by atoms with Gasteiger partial charge in [0.25, 0.3) is 0 Å². The van der Waals surface area contributed by atoms with Crippen molar-refractivity contribution in [3.63, 3.8) is 0 Å². The van der Waals surface area contributed by atoms with Crippen LogP contribution < -0.4 is 29.1 Å². The van der Waals surface area contributed by atoms with E-state index in [0.717, 1.165) is 42.5 Å². The van der Waals surface area contributed by atoms with Gasteiger partial charge in [0.15, 0.2) is 58.4 Å². The van der Waals surface area contributed by atoms with Gasteiger partial charge in [-0.05, 0) is 71.8 Å². The summed E-state index contributed by atoms with van der Waals surface area (Å²) >= 11 is 0. The van der Waals surface area contributed by atoms with Crippen LogP contribution in [-0.4, -0.2) is 246 Å². The van der Waals surface area contributed by atoms with E-state index >= 15 is 0 Å². The van der Waals surface area contributed by atoms with E-state index in [9.17, 15) is 91.0 Å². The van der Waals surface area contributed by atoms with Gasteiger partial charge >= 0.3 is 11.9 Å². The van der Waals surface area contributed by atoms with E-state index in [2.05, 4.69) is 0 Å². The Morgan fingerprint density at radius 1 is 0.551 bits per heavy atom. The van der Waals surface area contributed by atoms with E-state index in [1.54, 1.807) is 0 Å². The predicted octanol–water partition coefficient (Wildman–Crippen LogP) is -2.93. The molecule has 4 saturated heterocycles. The summed E-state index contributed by atoms with van der Waals surface area (Å²) in [5, 5.41) is 159. The number of phenolic OH excluding ortho intramolecular Hbond substituents is 3. The molecule has 0 radical (unpaired) electrons. The van der Waals surface area contributed by atoms with Crippen LogP contribution in [0.15, 0.2) is 94.2 Å². The Morgan fingerprint density at radius 2 is 1.13 bits per heavy atom. The first-order valence-electron chi connectivity index (χ1n) is 27.2. The summed E-state index contributed by atoms with van der Waals surface area (Å²) in [7, 11) is 2.55. The van der Waals surface area contributed by atoms with E-state index < -0.39 is 184 Å². The van der Waals surface area contributed by atoms with Crippen molar-refractivity contribution in [3.8, 4) is 68.6 Å². The lowest BCUT2D eigenvalue weighted by Gasteiger charge is -2.45. The largest absolute Gasteiger partial charge is 0.504 e. The summed E-state index contributed by atoms with van der Waals surface area (Å²) in [5.41, 5.74) is -0.389. The summed E-state index contributed by atoms with van der Waals surface area (Å²) in [6.45, 7) is -3.06. The molecule has 0 bridgehead atoms. The zero-order valence-electron chi connectivity index (χ0n) is 46.8. The topological polar surface area (TPSA) is 479 Å². The predicted molar refractivity (Wildman–Crippen MR) is 294 cm³/mol. The fourth-order valence-corrected chi connectivity index (χ4v) is 9.75. The number of ether oxygens (including phenoxy) is 12. The van der Waals surface area contributed by atoms with Gasteiger partial charge in [-0.1, -0.05) is 12.1 Å². The SMILES string of the molecule is COc1cc(/C=C/C(=O)O[C@H]2[C@H](O[C@H]3[C@H](Oc4cc5c(O[C@@H]6O[C@H](CO)[C@@H](O)[C@H](O)[C@H]6O)cc(=O)cc-5oc4-c4ccc(O)c(O)c4)O[C@H](COC(=O)/C=C/c4ccc(O[C@@H]5O[C@H](CO)[C@@H](O)[C@H](O)[C@H]5O)cc4)[C@@H](O)[C@@H]3O)OC[C@@H](O)[C@@H]2O)cc(OC)c1O. The molecule has 3 aromatic rings. The highest BCUT2D eigenvalue weighted by molar-refractivity contribution is 5.88. The molecule has 89 heavy (non-hydrogen) atoms. The maximum Gasteiger partial charge on any atom is 0.331 e. The van der Waals surface area contributed by atoms with E-state index in [0.29, 0.717) is 5.56 Å². The van der Waals surface area contributed by atoms with Gasteiger partial charge in [-0.25, -0.2) is 9.59 Å². The second kappa shape index (κ2) is 28.4. The fraction of sp³-hybridized carbons (Fsp3) is 0.431. The van der Waals surface area contributed by atoms with Crippen LogP contribution >= 0.6 is 0 Å². The minimum atomic E-state index is -2.19. The average Bonchev–Trinajstić information content (AvgIpc) is 1.14. The summed E-state index contributed by atoms with van der Waals surface area (Å²) < 4.78 is 74.6. The summed E-state index contributed by atoms with van der Waals surface area (Å²) in [5.74, 6) is -5.33. The van der Waals surface area contributed by atoms with Crippen LogP contribution in [-0.2, 0) is 42.7 Å². The molecule has 9 rings (SSSR count). The number of carbonyl (C=O) groups is 2. The van der Waals surface area contributed by atoms with Crippen LogP contribution in [0, 0.1) is 0 Å². The third-order valence-corrected chi connectivity index (χ3v) is 14.7. The Bertz CT molecular complexity index is 3310. The molecule has 19 atom stereocenters. The van der Waals surface area contributed by atoms with Gasteiger partial charge in [-0.3, -0.25) is 4.79 Å². The van der Waals surface area contributed by atoms with Crippen molar-refractivity contribution >= 4 is 24.1 Å². The van der Waals surface area contributed by atoms with Gasteiger partial charge < -0.3 is 138 Å². The van der Waals surface area contributed by atoms with E-state index in [4.69, 9.17) is 61.3 Å². The third kappa shape index (κ3) is 14.6. The van der Waals surface area contributed by atoms with Crippen LogP contribution in [0.2, 0.25) is 0 Å². The van der Waals surface area contributed by atoms with E-state index in [1.807, 2.05) is 0 Å². The van der Waals surface area contributed by atoms with Crippen LogP contribution in [0.25, 0.3) is 34.8 Å². The van der Waals surface area contributed by atoms with Gasteiger partial charge in [0.2, 0.25) is 24.6 Å². The number of benzene rings is 4. The minimum absolute atomic E-state index is 0.0229. The number of hydrogen-bond acceptors (Lipinski definition) is 31. The number of aliphatic hydroxyl groups excluding tert-OH is 12. The second-order valence-electron chi connectivity index (χ2n) is 20.7. The zero-order valence-corrected chi connectivity index (χ0v) is 46.8. The molecule has 15 N–H and O–H groups in total. The molecule has 0 amide bonds. The van der Waals surface area contributed by atoms with Gasteiger partial charge in [-0.2, -0.15) is 0 Å². The highest BCUT2D eigenvalue weighted by Gasteiger charge is 2.52. The molecule has 5 heterocycles. The molecular formula is C58H64O31. The molecular weight excluding hydrogens is 1190 g/mol. The molecule has 6 aliphatic rings. The van der Waals surface area contributed by atoms with Crippen molar-refractivity contribution in [2.75, 3.05) is 40.6 Å². The summed E-state index contributed by atoms with van der Waals surface area (Å²) in [4.78, 5) is 40.0. The van der Waals surface area contributed by atoms with Gasteiger partial charge in [0.1, 0.15) is 103 Å². The van der Waals surface area contributed by atoms with Crippen LogP contribution in [0.3, 0.4) is 0 Å². The molecule has 4 fully saturated rings. The van der Waals surface area contributed by atoms with Crippen LogP contribution in [0.1, 0.15) is 11.1 Å². The molecule has 31 heteroatoms. The van der Waals surface area contributed by atoms with Crippen molar-refractivity contribution in [3.05, 3.63) is 106 Å². The Morgan fingerprint density at radius 3 is 1.75 bits per heavy atom. The van der Waals surface area contributed by atoms with Crippen LogP contribution in [0.4, 0.5) is 0 Å². The third-order valence-electron chi connectivity index (χ3n) is 14.7. The van der Waals surface area contributed by atoms with Crippen molar-refractivity contribution in [2.24, 2.45) is 0 Å². The maximum absolute atomic E-state index is 13.5. The van der Waals surface area contributed by atoms with Crippen molar-refractivity contribution in [1.29, 1.82) is 0 Å². The maximum atomic E-state index is 13.5. The van der Waals surface area contributed by atoms with Gasteiger partial charge in [0, 0.05) is 29.8 Å².